The van der Waals surface area contributed by atoms with Gasteiger partial charge in [0.1, 0.15) is 0 Å². The van der Waals surface area contributed by atoms with Gasteiger partial charge in [-0.2, -0.15) is 0 Å². The molecule has 1 saturated carbocycles. The van der Waals surface area contributed by atoms with Crippen molar-refractivity contribution in [2.75, 3.05) is 18.1 Å². The molecule has 1 aliphatic rings. The molecule has 0 bridgehead atoms. The van der Waals surface area contributed by atoms with Crippen molar-refractivity contribution in [3.8, 4) is 0 Å². The van der Waals surface area contributed by atoms with Gasteiger partial charge in [0.05, 0.1) is 6.61 Å². The van der Waals surface area contributed by atoms with Crippen molar-refractivity contribution >= 4 is 5.69 Å². The van der Waals surface area contributed by atoms with Gasteiger partial charge in [0, 0.05) is 30.4 Å². The quantitative estimate of drug-likeness (QED) is 0.844. The fourth-order valence-corrected chi connectivity index (χ4v) is 2.82. The summed E-state index contributed by atoms with van der Waals surface area (Å²) in [6.07, 6.45) is 3.83. The summed E-state index contributed by atoms with van der Waals surface area (Å²) in [4.78, 5) is 2.39. The maximum Gasteiger partial charge on any atom is 0.0606 e. The van der Waals surface area contributed by atoms with Crippen LogP contribution in [0.1, 0.15) is 51.2 Å². The van der Waals surface area contributed by atoms with Gasteiger partial charge >= 0.3 is 0 Å². The number of nitrogens with zero attached hydrogens (tertiary/aromatic N) is 1. The zero-order chi connectivity index (χ0) is 15.5. The van der Waals surface area contributed by atoms with Gasteiger partial charge in [-0.15, -0.1) is 0 Å². The minimum absolute atomic E-state index is 0.140. The summed E-state index contributed by atoms with van der Waals surface area (Å²) in [5, 5.41) is 12.9. The Morgan fingerprint density at radius 1 is 1.29 bits per heavy atom. The molecule has 1 aliphatic carbocycles. The molecule has 118 valence electrons. The molecule has 0 atom stereocenters. The molecule has 0 radical (unpaired) electrons. The number of aliphatic hydroxyl groups excluding tert-OH is 1. The Labute approximate surface area is 129 Å². The van der Waals surface area contributed by atoms with E-state index in [9.17, 15) is 5.11 Å². The van der Waals surface area contributed by atoms with Gasteiger partial charge in [-0.05, 0) is 64.2 Å². The van der Waals surface area contributed by atoms with Crippen molar-refractivity contribution in [3.05, 3.63) is 29.3 Å². The van der Waals surface area contributed by atoms with E-state index in [1.165, 1.54) is 36.1 Å². The molecule has 0 unspecified atom stereocenters. The molecule has 0 amide bonds. The van der Waals surface area contributed by atoms with Crippen LogP contribution in [-0.4, -0.2) is 29.8 Å². The summed E-state index contributed by atoms with van der Waals surface area (Å²) in [7, 11) is 0. The summed E-state index contributed by atoms with van der Waals surface area (Å²) >= 11 is 0. The Kier molecular flexibility index (Phi) is 5.28. The highest BCUT2D eigenvalue weighted by Crippen LogP contribution is 2.31. The van der Waals surface area contributed by atoms with E-state index >= 15 is 0 Å². The topological polar surface area (TPSA) is 35.5 Å². The molecule has 3 heteroatoms. The SMILES string of the molecule is Cc1cc(CNC(C)(C)C)ccc1N(CCO)C1CCC1. The second kappa shape index (κ2) is 6.80. The van der Waals surface area contributed by atoms with Crippen LogP contribution < -0.4 is 10.2 Å². The summed E-state index contributed by atoms with van der Waals surface area (Å²) in [6.45, 7) is 10.6. The van der Waals surface area contributed by atoms with Crippen molar-refractivity contribution in [2.45, 2.75) is 65.1 Å². The number of anilines is 1. The van der Waals surface area contributed by atoms with Gasteiger partial charge in [0.2, 0.25) is 0 Å². The second-order valence-electron chi connectivity index (χ2n) is 7.23. The highest BCUT2D eigenvalue weighted by Gasteiger charge is 2.25. The standard InChI is InChI=1S/C18H30N2O/c1-14-12-15(13-19-18(2,3)4)8-9-17(14)20(10-11-21)16-6-5-7-16/h8-9,12,16,19,21H,5-7,10-11,13H2,1-4H3. The van der Waals surface area contributed by atoms with Gasteiger partial charge in [-0.25, -0.2) is 0 Å². The Balaban J connectivity index is 2.09. The van der Waals surface area contributed by atoms with E-state index in [-0.39, 0.29) is 12.1 Å². The lowest BCUT2D eigenvalue weighted by atomic mass is 9.90. The minimum Gasteiger partial charge on any atom is -0.395 e. The average molecular weight is 290 g/mol. The zero-order valence-electron chi connectivity index (χ0n) is 13.9. The predicted octanol–water partition coefficient (Wildman–Crippen LogP) is 3.23. The first-order valence-corrected chi connectivity index (χ1v) is 8.13. The molecule has 0 heterocycles. The zero-order valence-corrected chi connectivity index (χ0v) is 13.9. The van der Waals surface area contributed by atoms with Crippen molar-refractivity contribution in [2.24, 2.45) is 0 Å². The number of aliphatic hydroxyl groups is 1. The van der Waals surface area contributed by atoms with Crippen LogP contribution in [0.2, 0.25) is 0 Å². The van der Waals surface area contributed by atoms with Crippen LogP contribution in [0.25, 0.3) is 0 Å². The highest BCUT2D eigenvalue weighted by molar-refractivity contribution is 5.55. The van der Waals surface area contributed by atoms with Crippen LogP contribution in [0.3, 0.4) is 0 Å². The number of hydrogen-bond donors (Lipinski definition) is 2. The summed E-state index contributed by atoms with van der Waals surface area (Å²) < 4.78 is 0. The van der Waals surface area contributed by atoms with E-state index < -0.39 is 0 Å². The van der Waals surface area contributed by atoms with Crippen molar-refractivity contribution in [1.29, 1.82) is 0 Å². The fraction of sp³-hybridized carbons (Fsp3) is 0.667. The van der Waals surface area contributed by atoms with E-state index in [1.54, 1.807) is 0 Å². The highest BCUT2D eigenvalue weighted by atomic mass is 16.3. The first kappa shape index (κ1) is 16.3. The summed E-state index contributed by atoms with van der Waals surface area (Å²) in [5.74, 6) is 0. The van der Waals surface area contributed by atoms with Crippen LogP contribution >= 0.6 is 0 Å². The molecule has 2 rings (SSSR count). The van der Waals surface area contributed by atoms with Crippen LogP contribution in [0.4, 0.5) is 5.69 Å². The molecule has 3 nitrogen and oxygen atoms in total. The Morgan fingerprint density at radius 3 is 2.48 bits per heavy atom. The van der Waals surface area contributed by atoms with Crippen LogP contribution in [-0.2, 0) is 6.54 Å². The van der Waals surface area contributed by atoms with E-state index in [4.69, 9.17) is 0 Å². The molecular formula is C18H30N2O. The molecule has 1 fully saturated rings. The Morgan fingerprint density at radius 2 is 2.00 bits per heavy atom. The minimum atomic E-state index is 0.140. The fourth-order valence-electron chi connectivity index (χ4n) is 2.82. The monoisotopic (exact) mass is 290 g/mol. The number of rotatable bonds is 6. The largest absolute Gasteiger partial charge is 0.395 e. The molecule has 1 aromatic carbocycles. The van der Waals surface area contributed by atoms with Gasteiger partial charge < -0.3 is 15.3 Å². The second-order valence-corrected chi connectivity index (χ2v) is 7.23. The average Bonchev–Trinajstić information content (AvgIpc) is 2.33. The van der Waals surface area contributed by atoms with E-state index in [2.05, 4.69) is 56.1 Å². The van der Waals surface area contributed by atoms with Gasteiger partial charge in [0.25, 0.3) is 0 Å². The molecule has 21 heavy (non-hydrogen) atoms. The van der Waals surface area contributed by atoms with Crippen molar-refractivity contribution in [3.63, 3.8) is 0 Å². The third-order valence-electron chi connectivity index (χ3n) is 4.25. The predicted molar refractivity (Wildman–Crippen MR) is 89.8 cm³/mol. The third kappa shape index (κ3) is 4.45. The van der Waals surface area contributed by atoms with Crippen molar-refractivity contribution < 1.29 is 5.11 Å². The molecule has 0 aromatic heterocycles. The van der Waals surface area contributed by atoms with Crippen LogP contribution in [0.5, 0.6) is 0 Å². The lowest BCUT2D eigenvalue weighted by Crippen LogP contribution is -2.42. The lowest BCUT2D eigenvalue weighted by Gasteiger charge is -2.40. The van der Waals surface area contributed by atoms with Gasteiger partial charge in [-0.1, -0.05) is 12.1 Å². The van der Waals surface area contributed by atoms with Gasteiger partial charge in [-0.3, -0.25) is 0 Å². The normalized spacial score (nSPS) is 15.9. The summed E-state index contributed by atoms with van der Waals surface area (Å²) in [6, 6.07) is 7.33. The van der Waals surface area contributed by atoms with E-state index in [0.717, 1.165) is 13.1 Å². The number of benzene rings is 1. The Hall–Kier alpha value is -1.06. The maximum atomic E-state index is 9.33. The number of aryl methyl sites for hydroxylation is 1. The maximum absolute atomic E-state index is 9.33. The van der Waals surface area contributed by atoms with Crippen molar-refractivity contribution in [1.82, 2.24) is 5.32 Å². The third-order valence-corrected chi connectivity index (χ3v) is 4.25. The van der Waals surface area contributed by atoms with Crippen LogP contribution in [0.15, 0.2) is 18.2 Å². The van der Waals surface area contributed by atoms with E-state index in [0.29, 0.717) is 6.04 Å². The number of nitrogens with one attached hydrogen (secondary N) is 1. The Bertz CT molecular complexity index is 461. The first-order valence-electron chi connectivity index (χ1n) is 8.13. The smallest absolute Gasteiger partial charge is 0.0606 e. The molecule has 1 aromatic rings. The summed E-state index contributed by atoms with van der Waals surface area (Å²) in [5.41, 5.74) is 4.06. The molecule has 0 aliphatic heterocycles. The van der Waals surface area contributed by atoms with Gasteiger partial charge in [0.15, 0.2) is 0 Å². The molecule has 0 spiro atoms. The lowest BCUT2D eigenvalue weighted by molar-refractivity contribution is 0.283. The molecule has 2 N–H and O–H groups in total. The van der Waals surface area contributed by atoms with Crippen LogP contribution in [0, 0.1) is 6.92 Å². The van der Waals surface area contributed by atoms with E-state index in [1.807, 2.05) is 0 Å². The molecular weight excluding hydrogens is 260 g/mol. The first-order chi connectivity index (χ1) is 9.90. The number of hydrogen-bond acceptors (Lipinski definition) is 3. The molecule has 0 saturated heterocycles.